The number of carbonyl (C=O) groups is 1. The molecule has 24 heavy (non-hydrogen) atoms. The SMILES string of the molecule is Cc1nc(C)c(-c2csc(NC(=O)C3Cc4ccccc4C3)n2)s1. The van der Waals surface area contributed by atoms with Crippen LogP contribution in [-0.2, 0) is 17.6 Å². The number of aromatic nitrogens is 2. The summed E-state index contributed by atoms with van der Waals surface area (Å²) in [6.45, 7) is 3.99. The minimum absolute atomic E-state index is 0.00198. The Balaban J connectivity index is 1.47. The zero-order chi connectivity index (χ0) is 16.7. The molecule has 0 bridgehead atoms. The maximum absolute atomic E-state index is 12.5. The van der Waals surface area contributed by atoms with Gasteiger partial charge in [0, 0.05) is 11.3 Å². The third-order valence-electron chi connectivity index (χ3n) is 4.29. The van der Waals surface area contributed by atoms with Crippen LogP contribution in [0.2, 0.25) is 0 Å². The van der Waals surface area contributed by atoms with Crippen LogP contribution in [0, 0.1) is 19.8 Å². The lowest BCUT2D eigenvalue weighted by molar-refractivity contribution is -0.119. The van der Waals surface area contributed by atoms with Crippen molar-refractivity contribution >= 4 is 33.7 Å². The fourth-order valence-corrected chi connectivity index (χ4v) is 4.82. The summed E-state index contributed by atoms with van der Waals surface area (Å²) >= 11 is 3.11. The van der Waals surface area contributed by atoms with Gasteiger partial charge in [-0.2, -0.15) is 0 Å². The molecule has 0 fully saturated rings. The first-order valence-electron chi connectivity index (χ1n) is 7.87. The lowest BCUT2D eigenvalue weighted by atomic mass is 10.1. The summed E-state index contributed by atoms with van der Waals surface area (Å²) in [5.74, 6) is 0.0615. The molecule has 4 rings (SSSR count). The van der Waals surface area contributed by atoms with E-state index in [1.54, 1.807) is 11.3 Å². The highest BCUT2D eigenvalue weighted by Crippen LogP contribution is 2.33. The molecule has 0 radical (unpaired) electrons. The summed E-state index contributed by atoms with van der Waals surface area (Å²) in [5, 5.41) is 6.67. The number of amides is 1. The van der Waals surface area contributed by atoms with Gasteiger partial charge < -0.3 is 5.32 Å². The van der Waals surface area contributed by atoms with Gasteiger partial charge in [-0.3, -0.25) is 4.79 Å². The Hall–Kier alpha value is -2.05. The van der Waals surface area contributed by atoms with E-state index < -0.39 is 0 Å². The Morgan fingerprint density at radius 2 is 1.88 bits per heavy atom. The minimum Gasteiger partial charge on any atom is -0.302 e. The van der Waals surface area contributed by atoms with Gasteiger partial charge in [0.25, 0.3) is 0 Å². The van der Waals surface area contributed by atoms with Gasteiger partial charge in [0.15, 0.2) is 5.13 Å². The van der Waals surface area contributed by atoms with Crippen LogP contribution in [0.1, 0.15) is 21.8 Å². The number of anilines is 1. The van der Waals surface area contributed by atoms with Gasteiger partial charge in [-0.05, 0) is 37.8 Å². The Labute approximate surface area is 148 Å². The molecule has 0 saturated heterocycles. The van der Waals surface area contributed by atoms with Crippen LogP contribution in [0.3, 0.4) is 0 Å². The van der Waals surface area contributed by atoms with Gasteiger partial charge in [0.1, 0.15) is 0 Å². The molecule has 3 aromatic rings. The third-order valence-corrected chi connectivity index (χ3v) is 6.15. The third kappa shape index (κ3) is 2.87. The summed E-state index contributed by atoms with van der Waals surface area (Å²) in [5.41, 5.74) is 4.46. The number of hydrogen-bond donors (Lipinski definition) is 1. The molecule has 0 aliphatic heterocycles. The predicted molar refractivity (Wildman–Crippen MR) is 98.7 cm³/mol. The van der Waals surface area contributed by atoms with Gasteiger partial charge in [-0.25, -0.2) is 9.97 Å². The van der Waals surface area contributed by atoms with Gasteiger partial charge in [0.2, 0.25) is 5.91 Å². The maximum atomic E-state index is 12.5. The number of nitrogens with one attached hydrogen (secondary N) is 1. The highest BCUT2D eigenvalue weighted by Gasteiger charge is 2.27. The fraction of sp³-hybridized carbons (Fsp3) is 0.278. The van der Waals surface area contributed by atoms with Crippen LogP contribution in [0.4, 0.5) is 5.13 Å². The number of rotatable bonds is 3. The average molecular weight is 355 g/mol. The zero-order valence-corrected chi connectivity index (χ0v) is 15.1. The van der Waals surface area contributed by atoms with E-state index in [2.05, 4.69) is 27.4 Å². The van der Waals surface area contributed by atoms with Crippen molar-refractivity contribution in [3.05, 3.63) is 51.5 Å². The predicted octanol–water partition coefficient (Wildman–Crippen LogP) is 4.24. The second-order valence-electron chi connectivity index (χ2n) is 6.05. The van der Waals surface area contributed by atoms with E-state index in [0.29, 0.717) is 5.13 Å². The number of fused-ring (bicyclic) bond motifs is 1. The Morgan fingerprint density at radius 3 is 2.50 bits per heavy atom. The number of carbonyl (C=O) groups excluding carboxylic acids is 1. The number of aryl methyl sites for hydroxylation is 2. The van der Waals surface area contributed by atoms with Crippen molar-refractivity contribution < 1.29 is 4.79 Å². The van der Waals surface area contributed by atoms with Crippen molar-refractivity contribution in [2.45, 2.75) is 26.7 Å². The van der Waals surface area contributed by atoms with Crippen molar-refractivity contribution in [1.29, 1.82) is 0 Å². The highest BCUT2D eigenvalue weighted by molar-refractivity contribution is 7.16. The molecule has 4 nitrogen and oxygen atoms in total. The lowest BCUT2D eigenvalue weighted by Gasteiger charge is -2.07. The van der Waals surface area contributed by atoms with Crippen molar-refractivity contribution in [3.63, 3.8) is 0 Å². The molecule has 0 saturated carbocycles. The van der Waals surface area contributed by atoms with Crippen molar-refractivity contribution in [3.8, 4) is 10.6 Å². The van der Waals surface area contributed by atoms with Gasteiger partial charge >= 0.3 is 0 Å². The summed E-state index contributed by atoms with van der Waals surface area (Å²) in [6, 6.07) is 8.29. The molecule has 0 spiro atoms. The van der Waals surface area contributed by atoms with Crippen LogP contribution in [0.5, 0.6) is 0 Å². The quantitative estimate of drug-likeness (QED) is 0.765. The largest absolute Gasteiger partial charge is 0.302 e. The standard InChI is InChI=1S/C18H17N3OS2/c1-10-16(24-11(2)19-10)15-9-23-18(20-15)21-17(22)14-7-12-5-3-4-6-13(12)8-14/h3-6,9,14H,7-8H2,1-2H3,(H,20,21,22). The minimum atomic E-state index is 0.00198. The van der Waals surface area contributed by atoms with E-state index in [9.17, 15) is 4.79 Å². The average Bonchev–Trinajstić information content (AvgIpc) is 3.25. The Morgan fingerprint density at radius 1 is 1.17 bits per heavy atom. The lowest BCUT2D eigenvalue weighted by Crippen LogP contribution is -2.23. The van der Waals surface area contributed by atoms with E-state index in [1.807, 2.05) is 31.4 Å². The van der Waals surface area contributed by atoms with E-state index in [1.165, 1.54) is 22.5 Å². The molecule has 1 N–H and O–H groups in total. The molecule has 122 valence electrons. The van der Waals surface area contributed by atoms with Crippen LogP contribution in [0.25, 0.3) is 10.6 Å². The number of nitrogens with zero attached hydrogens (tertiary/aromatic N) is 2. The molecule has 6 heteroatoms. The summed E-state index contributed by atoms with van der Waals surface area (Å²) in [4.78, 5) is 22.6. The topological polar surface area (TPSA) is 54.9 Å². The van der Waals surface area contributed by atoms with Crippen molar-refractivity contribution in [2.75, 3.05) is 5.32 Å². The molecule has 1 amide bonds. The van der Waals surface area contributed by atoms with Crippen LogP contribution >= 0.6 is 22.7 Å². The van der Waals surface area contributed by atoms with Crippen molar-refractivity contribution in [1.82, 2.24) is 9.97 Å². The summed E-state index contributed by atoms with van der Waals surface area (Å²) < 4.78 is 0. The molecule has 0 atom stereocenters. The number of benzene rings is 1. The van der Waals surface area contributed by atoms with Crippen LogP contribution in [-0.4, -0.2) is 15.9 Å². The van der Waals surface area contributed by atoms with Crippen LogP contribution in [0.15, 0.2) is 29.6 Å². The number of hydrogen-bond acceptors (Lipinski definition) is 5. The Kier molecular flexibility index (Phi) is 3.94. The normalized spacial score (nSPS) is 13.9. The maximum Gasteiger partial charge on any atom is 0.229 e. The molecule has 1 aliphatic rings. The molecular formula is C18H17N3OS2. The van der Waals surface area contributed by atoms with E-state index in [4.69, 9.17) is 0 Å². The molecular weight excluding hydrogens is 338 g/mol. The first-order chi connectivity index (χ1) is 11.6. The molecule has 0 unspecified atom stereocenters. The van der Waals surface area contributed by atoms with Gasteiger partial charge in [-0.1, -0.05) is 24.3 Å². The van der Waals surface area contributed by atoms with E-state index >= 15 is 0 Å². The second-order valence-corrected chi connectivity index (χ2v) is 8.11. The zero-order valence-electron chi connectivity index (χ0n) is 13.5. The number of thiazole rings is 2. The molecule has 1 aromatic carbocycles. The molecule has 2 aromatic heterocycles. The highest BCUT2D eigenvalue weighted by atomic mass is 32.1. The first-order valence-corrected chi connectivity index (χ1v) is 9.57. The van der Waals surface area contributed by atoms with Crippen LogP contribution < -0.4 is 5.32 Å². The Bertz CT molecular complexity index is 888. The van der Waals surface area contributed by atoms with Gasteiger partial charge in [-0.15, -0.1) is 22.7 Å². The summed E-state index contributed by atoms with van der Waals surface area (Å²) in [6.07, 6.45) is 1.63. The van der Waals surface area contributed by atoms with Crippen molar-refractivity contribution in [2.24, 2.45) is 5.92 Å². The molecule has 1 aliphatic carbocycles. The monoisotopic (exact) mass is 355 g/mol. The van der Waals surface area contributed by atoms with Gasteiger partial charge in [0.05, 0.1) is 21.3 Å². The summed E-state index contributed by atoms with van der Waals surface area (Å²) in [7, 11) is 0. The second kappa shape index (κ2) is 6.11. The smallest absolute Gasteiger partial charge is 0.229 e. The first kappa shape index (κ1) is 15.5. The molecule has 2 heterocycles. The van der Waals surface area contributed by atoms with E-state index in [0.717, 1.165) is 34.1 Å². The van der Waals surface area contributed by atoms with E-state index in [-0.39, 0.29) is 11.8 Å². The fourth-order valence-electron chi connectivity index (χ4n) is 3.16.